The van der Waals surface area contributed by atoms with Gasteiger partial charge in [-0.1, -0.05) is 42.5 Å². The molecule has 4 nitrogen and oxygen atoms in total. The summed E-state index contributed by atoms with van der Waals surface area (Å²) in [5.74, 6) is 0.776. The number of thiocarbonyl (C=S) groups is 1. The van der Waals surface area contributed by atoms with Gasteiger partial charge in [-0.25, -0.2) is 0 Å². The Morgan fingerprint density at radius 3 is 2.62 bits per heavy atom. The second-order valence-electron chi connectivity index (χ2n) is 6.14. The van der Waals surface area contributed by atoms with Crippen molar-refractivity contribution in [1.29, 1.82) is 0 Å². The van der Waals surface area contributed by atoms with Gasteiger partial charge in [0.25, 0.3) is 0 Å². The van der Waals surface area contributed by atoms with E-state index in [-0.39, 0.29) is 11.8 Å². The summed E-state index contributed by atoms with van der Waals surface area (Å²) in [6, 6.07) is 16.8. The van der Waals surface area contributed by atoms with E-state index in [1.54, 1.807) is 0 Å². The molecule has 0 radical (unpaired) electrons. The number of ketones is 1. The van der Waals surface area contributed by atoms with Crippen molar-refractivity contribution in [3.63, 3.8) is 0 Å². The van der Waals surface area contributed by atoms with Crippen LogP contribution in [-0.2, 0) is 0 Å². The van der Waals surface area contributed by atoms with Gasteiger partial charge in [-0.3, -0.25) is 4.79 Å². The molecule has 3 rings (SSSR count). The first kappa shape index (κ1) is 18.1. The van der Waals surface area contributed by atoms with Gasteiger partial charge in [0.05, 0.1) is 12.6 Å². The van der Waals surface area contributed by atoms with E-state index in [1.165, 1.54) is 0 Å². The SMILES string of the molecule is CCOc1cccc(C2NC(=S)N(C)C(C)=C2C(=O)c2ccccc2)c1. The van der Waals surface area contributed by atoms with Crippen molar-refractivity contribution in [3.8, 4) is 5.75 Å². The summed E-state index contributed by atoms with van der Waals surface area (Å²) < 4.78 is 5.62. The van der Waals surface area contributed by atoms with Gasteiger partial charge in [-0.15, -0.1) is 0 Å². The van der Waals surface area contributed by atoms with E-state index in [9.17, 15) is 4.79 Å². The van der Waals surface area contributed by atoms with Crippen LogP contribution in [0.3, 0.4) is 0 Å². The van der Waals surface area contributed by atoms with Crippen LogP contribution in [-0.4, -0.2) is 29.5 Å². The maximum absolute atomic E-state index is 13.3. The molecule has 0 bridgehead atoms. The zero-order valence-electron chi connectivity index (χ0n) is 15.2. The predicted molar refractivity (Wildman–Crippen MR) is 107 cm³/mol. The predicted octanol–water partition coefficient (Wildman–Crippen LogP) is 4.10. The van der Waals surface area contributed by atoms with E-state index in [0.29, 0.717) is 22.9 Å². The van der Waals surface area contributed by atoms with Crippen LogP contribution in [0.1, 0.15) is 35.8 Å². The molecule has 2 aromatic rings. The quantitative estimate of drug-likeness (QED) is 0.637. The maximum atomic E-state index is 13.3. The minimum Gasteiger partial charge on any atom is -0.494 e. The summed E-state index contributed by atoms with van der Waals surface area (Å²) in [6.45, 7) is 4.47. The second-order valence-corrected chi connectivity index (χ2v) is 6.53. The summed E-state index contributed by atoms with van der Waals surface area (Å²) in [7, 11) is 1.87. The van der Waals surface area contributed by atoms with Crippen molar-refractivity contribution >= 4 is 23.1 Å². The van der Waals surface area contributed by atoms with Crippen LogP contribution in [0.25, 0.3) is 0 Å². The molecular weight excluding hydrogens is 344 g/mol. The number of nitrogens with one attached hydrogen (secondary N) is 1. The number of benzene rings is 2. The highest BCUT2D eigenvalue weighted by Crippen LogP contribution is 2.33. The molecule has 0 aromatic heterocycles. The molecule has 0 spiro atoms. The molecule has 5 heteroatoms. The lowest BCUT2D eigenvalue weighted by atomic mass is 9.89. The Hall–Kier alpha value is -2.66. The number of rotatable bonds is 5. The number of carbonyl (C=O) groups excluding carboxylic acids is 1. The highest BCUT2D eigenvalue weighted by molar-refractivity contribution is 7.80. The largest absolute Gasteiger partial charge is 0.494 e. The van der Waals surface area contributed by atoms with Gasteiger partial charge >= 0.3 is 0 Å². The molecule has 0 amide bonds. The number of carbonyl (C=O) groups is 1. The summed E-state index contributed by atoms with van der Waals surface area (Å²) in [4.78, 5) is 15.1. The molecular formula is C21H22N2O2S. The lowest BCUT2D eigenvalue weighted by molar-refractivity contribution is 0.102. The van der Waals surface area contributed by atoms with Crippen LogP contribution in [0.4, 0.5) is 0 Å². The maximum Gasteiger partial charge on any atom is 0.193 e. The van der Waals surface area contributed by atoms with E-state index in [0.717, 1.165) is 17.0 Å². The van der Waals surface area contributed by atoms with Crippen molar-refractivity contribution in [1.82, 2.24) is 10.2 Å². The Morgan fingerprint density at radius 2 is 1.92 bits per heavy atom. The Labute approximate surface area is 159 Å². The Kier molecular flexibility index (Phi) is 5.38. The molecule has 0 saturated carbocycles. The van der Waals surface area contributed by atoms with Gasteiger partial charge in [-0.2, -0.15) is 0 Å². The van der Waals surface area contributed by atoms with Gasteiger partial charge in [-0.05, 0) is 43.8 Å². The van der Waals surface area contributed by atoms with Crippen molar-refractivity contribution in [2.75, 3.05) is 13.7 Å². The molecule has 1 heterocycles. The normalized spacial score (nSPS) is 17.1. The molecule has 1 N–H and O–H groups in total. The Bertz CT molecular complexity index is 861. The molecule has 1 aliphatic heterocycles. The first-order valence-electron chi connectivity index (χ1n) is 8.60. The van der Waals surface area contributed by atoms with Crippen LogP contribution < -0.4 is 10.1 Å². The zero-order valence-corrected chi connectivity index (χ0v) is 16.0. The average molecular weight is 366 g/mol. The van der Waals surface area contributed by atoms with E-state index >= 15 is 0 Å². The standard InChI is InChI=1S/C21H22N2O2S/c1-4-25-17-12-8-11-16(13-17)19-18(14(2)23(3)21(26)22-19)20(24)15-9-6-5-7-10-15/h5-13,19H,4H2,1-3H3,(H,22,26). The highest BCUT2D eigenvalue weighted by atomic mass is 32.1. The summed E-state index contributed by atoms with van der Waals surface area (Å²) in [6.07, 6.45) is 0. The summed E-state index contributed by atoms with van der Waals surface area (Å²) >= 11 is 5.46. The van der Waals surface area contributed by atoms with Gasteiger partial charge in [0, 0.05) is 23.9 Å². The summed E-state index contributed by atoms with van der Waals surface area (Å²) in [5, 5.41) is 3.90. The Balaban J connectivity index is 2.08. The minimum absolute atomic E-state index is 0.00300. The van der Waals surface area contributed by atoms with E-state index in [2.05, 4.69) is 5.32 Å². The third-order valence-corrected chi connectivity index (χ3v) is 4.93. The topological polar surface area (TPSA) is 41.6 Å². The van der Waals surface area contributed by atoms with Gasteiger partial charge in [0.1, 0.15) is 5.75 Å². The summed E-state index contributed by atoms with van der Waals surface area (Å²) in [5.41, 5.74) is 3.16. The van der Waals surface area contributed by atoms with Crippen LogP contribution in [0.15, 0.2) is 65.9 Å². The third kappa shape index (κ3) is 3.48. The van der Waals surface area contributed by atoms with E-state index in [1.807, 2.05) is 80.4 Å². The number of nitrogens with zero attached hydrogens (tertiary/aromatic N) is 1. The van der Waals surface area contributed by atoms with Crippen molar-refractivity contribution in [3.05, 3.63) is 77.0 Å². The number of allylic oxidation sites excluding steroid dienone is 1. The fourth-order valence-electron chi connectivity index (χ4n) is 3.08. The molecule has 1 unspecified atom stereocenters. The molecule has 0 fully saturated rings. The average Bonchev–Trinajstić information content (AvgIpc) is 2.66. The molecule has 2 aromatic carbocycles. The van der Waals surface area contributed by atoms with E-state index in [4.69, 9.17) is 17.0 Å². The third-order valence-electron chi connectivity index (χ3n) is 4.54. The monoisotopic (exact) mass is 366 g/mol. The molecule has 134 valence electrons. The zero-order chi connectivity index (χ0) is 18.7. The van der Waals surface area contributed by atoms with Crippen molar-refractivity contribution in [2.24, 2.45) is 0 Å². The first-order chi connectivity index (χ1) is 12.5. The molecule has 1 atom stereocenters. The second kappa shape index (κ2) is 7.70. The minimum atomic E-state index is -0.313. The lowest BCUT2D eigenvalue weighted by Crippen LogP contribution is -2.45. The Morgan fingerprint density at radius 1 is 1.19 bits per heavy atom. The van der Waals surface area contributed by atoms with Crippen LogP contribution in [0.5, 0.6) is 5.75 Å². The van der Waals surface area contributed by atoms with Gasteiger partial charge in [0.2, 0.25) is 0 Å². The van der Waals surface area contributed by atoms with Crippen molar-refractivity contribution in [2.45, 2.75) is 19.9 Å². The highest BCUT2D eigenvalue weighted by Gasteiger charge is 2.32. The molecule has 0 saturated heterocycles. The lowest BCUT2D eigenvalue weighted by Gasteiger charge is -2.36. The van der Waals surface area contributed by atoms with Crippen LogP contribution >= 0.6 is 12.2 Å². The number of hydrogen-bond donors (Lipinski definition) is 1. The molecule has 1 aliphatic rings. The molecule has 0 aliphatic carbocycles. The van der Waals surface area contributed by atoms with Crippen molar-refractivity contribution < 1.29 is 9.53 Å². The van der Waals surface area contributed by atoms with Crippen LogP contribution in [0.2, 0.25) is 0 Å². The van der Waals surface area contributed by atoms with Crippen LogP contribution in [0, 0.1) is 0 Å². The van der Waals surface area contributed by atoms with Gasteiger partial charge in [0.15, 0.2) is 10.9 Å². The first-order valence-corrected chi connectivity index (χ1v) is 9.01. The smallest absolute Gasteiger partial charge is 0.193 e. The van der Waals surface area contributed by atoms with Gasteiger partial charge < -0.3 is 15.0 Å². The number of hydrogen-bond acceptors (Lipinski definition) is 3. The molecule has 26 heavy (non-hydrogen) atoms. The fourth-order valence-corrected chi connectivity index (χ4v) is 3.33. The number of ether oxygens (including phenoxy) is 1. The number of Topliss-reactive ketones (excluding diaryl/α,β-unsaturated/α-hetero) is 1. The fraction of sp³-hybridized carbons (Fsp3) is 0.238. The van der Waals surface area contributed by atoms with E-state index < -0.39 is 0 Å².